The first-order valence-electron chi connectivity index (χ1n) is 5.96. The van der Waals surface area contributed by atoms with Gasteiger partial charge in [0.2, 0.25) is 5.91 Å². The van der Waals surface area contributed by atoms with Crippen molar-refractivity contribution in [2.24, 2.45) is 5.92 Å². The highest BCUT2D eigenvalue weighted by atomic mass is 16.5. The number of aryl methyl sites for hydroxylation is 2. The Labute approximate surface area is 102 Å². The minimum atomic E-state index is -0.0320. The molecular weight excluding hydrogens is 218 g/mol. The van der Waals surface area contributed by atoms with E-state index >= 15 is 0 Å². The second kappa shape index (κ2) is 6.39. The van der Waals surface area contributed by atoms with Crippen molar-refractivity contribution in [2.75, 3.05) is 13.1 Å². The van der Waals surface area contributed by atoms with Gasteiger partial charge in [0.1, 0.15) is 5.76 Å². The lowest BCUT2D eigenvalue weighted by molar-refractivity contribution is -0.124. The third-order valence-corrected chi connectivity index (χ3v) is 2.77. The molecule has 0 fully saturated rings. The SMILES string of the molecule is CCNCC(C)C(=O)NCc1c(C)noc1C. The summed E-state index contributed by atoms with van der Waals surface area (Å²) in [5.41, 5.74) is 1.80. The molecule has 0 radical (unpaired) electrons. The Morgan fingerprint density at radius 2 is 2.18 bits per heavy atom. The van der Waals surface area contributed by atoms with Crippen LogP contribution in [0.2, 0.25) is 0 Å². The summed E-state index contributed by atoms with van der Waals surface area (Å²) in [5.74, 6) is 0.781. The van der Waals surface area contributed by atoms with Crippen molar-refractivity contribution in [2.45, 2.75) is 34.2 Å². The van der Waals surface area contributed by atoms with Crippen LogP contribution in [-0.2, 0) is 11.3 Å². The van der Waals surface area contributed by atoms with Crippen LogP contribution in [-0.4, -0.2) is 24.2 Å². The summed E-state index contributed by atoms with van der Waals surface area (Å²) >= 11 is 0. The topological polar surface area (TPSA) is 67.2 Å². The van der Waals surface area contributed by atoms with Crippen LogP contribution in [0.1, 0.15) is 30.9 Å². The summed E-state index contributed by atoms with van der Waals surface area (Å²) in [5, 5.41) is 9.90. The van der Waals surface area contributed by atoms with Crippen LogP contribution in [0.25, 0.3) is 0 Å². The van der Waals surface area contributed by atoms with E-state index in [2.05, 4.69) is 15.8 Å². The Bertz CT molecular complexity index is 354. The molecule has 1 amide bonds. The van der Waals surface area contributed by atoms with Crippen LogP contribution in [0, 0.1) is 19.8 Å². The van der Waals surface area contributed by atoms with E-state index < -0.39 is 0 Å². The number of amides is 1. The van der Waals surface area contributed by atoms with Gasteiger partial charge >= 0.3 is 0 Å². The molecular formula is C12H21N3O2. The van der Waals surface area contributed by atoms with E-state index in [1.165, 1.54) is 0 Å². The van der Waals surface area contributed by atoms with Crippen LogP contribution in [0.3, 0.4) is 0 Å². The van der Waals surface area contributed by atoms with Crippen molar-refractivity contribution in [3.05, 3.63) is 17.0 Å². The van der Waals surface area contributed by atoms with Crippen LogP contribution >= 0.6 is 0 Å². The second-order valence-electron chi connectivity index (χ2n) is 4.23. The van der Waals surface area contributed by atoms with Gasteiger partial charge in [0.15, 0.2) is 0 Å². The van der Waals surface area contributed by atoms with E-state index in [4.69, 9.17) is 4.52 Å². The van der Waals surface area contributed by atoms with Crippen LogP contribution < -0.4 is 10.6 Å². The maximum absolute atomic E-state index is 11.8. The standard InChI is InChI=1S/C12H21N3O2/c1-5-13-6-8(2)12(16)14-7-11-9(3)15-17-10(11)4/h8,13H,5-7H2,1-4H3,(H,14,16). The fourth-order valence-electron chi connectivity index (χ4n) is 1.56. The van der Waals surface area contributed by atoms with Crippen LogP contribution in [0.15, 0.2) is 4.52 Å². The molecule has 1 atom stereocenters. The average Bonchev–Trinajstić information content (AvgIpc) is 2.63. The van der Waals surface area contributed by atoms with Crippen molar-refractivity contribution in [3.8, 4) is 0 Å². The molecule has 0 aliphatic carbocycles. The van der Waals surface area contributed by atoms with Crippen molar-refractivity contribution in [3.63, 3.8) is 0 Å². The molecule has 0 spiro atoms. The first-order valence-corrected chi connectivity index (χ1v) is 5.96. The molecule has 5 nitrogen and oxygen atoms in total. The molecule has 0 saturated heterocycles. The number of nitrogens with zero attached hydrogens (tertiary/aromatic N) is 1. The summed E-state index contributed by atoms with van der Waals surface area (Å²) < 4.78 is 5.04. The lowest BCUT2D eigenvalue weighted by Crippen LogP contribution is -2.35. The first-order chi connectivity index (χ1) is 8.06. The van der Waals surface area contributed by atoms with Gasteiger partial charge < -0.3 is 15.2 Å². The van der Waals surface area contributed by atoms with Gasteiger partial charge in [-0.15, -0.1) is 0 Å². The summed E-state index contributed by atoms with van der Waals surface area (Å²) in [4.78, 5) is 11.8. The van der Waals surface area contributed by atoms with Crippen molar-refractivity contribution >= 4 is 5.91 Å². The normalized spacial score (nSPS) is 12.5. The summed E-state index contributed by atoms with van der Waals surface area (Å²) in [6.45, 7) is 9.71. The van der Waals surface area contributed by atoms with Crippen LogP contribution in [0.4, 0.5) is 0 Å². The number of rotatable bonds is 6. The van der Waals surface area contributed by atoms with Gasteiger partial charge in [0, 0.05) is 24.6 Å². The third-order valence-electron chi connectivity index (χ3n) is 2.77. The summed E-state index contributed by atoms with van der Waals surface area (Å²) in [7, 11) is 0. The molecule has 0 aliphatic heterocycles. The second-order valence-corrected chi connectivity index (χ2v) is 4.23. The number of nitrogens with one attached hydrogen (secondary N) is 2. The highest BCUT2D eigenvalue weighted by Gasteiger charge is 2.14. The van der Waals surface area contributed by atoms with Gasteiger partial charge in [-0.25, -0.2) is 0 Å². The predicted octanol–water partition coefficient (Wildman–Crippen LogP) is 1.15. The fraction of sp³-hybridized carbons (Fsp3) is 0.667. The number of carbonyl (C=O) groups excluding carboxylic acids is 1. The molecule has 1 heterocycles. The Kier molecular flexibility index (Phi) is 5.15. The Morgan fingerprint density at radius 1 is 1.47 bits per heavy atom. The molecule has 17 heavy (non-hydrogen) atoms. The van der Waals surface area contributed by atoms with Gasteiger partial charge in [0.05, 0.1) is 5.69 Å². The zero-order valence-electron chi connectivity index (χ0n) is 11.0. The molecule has 1 rings (SSSR count). The number of hydrogen-bond donors (Lipinski definition) is 2. The van der Waals surface area contributed by atoms with E-state index in [1.54, 1.807) is 0 Å². The van der Waals surface area contributed by atoms with E-state index in [9.17, 15) is 4.79 Å². The zero-order valence-corrected chi connectivity index (χ0v) is 11.0. The van der Waals surface area contributed by atoms with Crippen molar-refractivity contribution in [1.82, 2.24) is 15.8 Å². The number of hydrogen-bond acceptors (Lipinski definition) is 4. The van der Waals surface area contributed by atoms with E-state index in [-0.39, 0.29) is 11.8 Å². The Hall–Kier alpha value is -1.36. The minimum Gasteiger partial charge on any atom is -0.361 e. The van der Waals surface area contributed by atoms with Crippen molar-refractivity contribution < 1.29 is 9.32 Å². The lowest BCUT2D eigenvalue weighted by atomic mass is 10.1. The zero-order chi connectivity index (χ0) is 12.8. The molecule has 1 unspecified atom stereocenters. The van der Waals surface area contributed by atoms with Gasteiger partial charge in [-0.2, -0.15) is 0 Å². The average molecular weight is 239 g/mol. The Balaban J connectivity index is 2.43. The van der Waals surface area contributed by atoms with Crippen LogP contribution in [0.5, 0.6) is 0 Å². The number of carbonyl (C=O) groups is 1. The molecule has 0 aliphatic rings. The minimum absolute atomic E-state index is 0.0320. The first kappa shape index (κ1) is 13.7. The molecule has 0 aromatic carbocycles. The van der Waals surface area contributed by atoms with Gasteiger partial charge in [-0.1, -0.05) is 19.0 Å². The van der Waals surface area contributed by atoms with Gasteiger partial charge in [-0.3, -0.25) is 4.79 Å². The maximum atomic E-state index is 11.8. The largest absolute Gasteiger partial charge is 0.361 e. The molecule has 1 aromatic heterocycles. The smallest absolute Gasteiger partial charge is 0.224 e. The monoisotopic (exact) mass is 239 g/mol. The van der Waals surface area contributed by atoms with E-state index in [0.29, 0.717) is 13.1 Å². The van der Waals surface area contributed by atoms with Gasteiger partial charge in [0.25, 0.3) is 0 Å². The molecule has 96 valence electrons. The quantitative estimate of drug-likeness (QED) is 0.781. The lowest BCUT2D eigenvalue weighted by Gasteiger charge is -2.12. The molecule has 2 N–H and O–H groups in total. The predicted molar refractivity (Wildman–Crippen MR) is 65.5 cm³/mol. The van der Waals surface area contributed by atoms with Gasteiger partial charge in [-0.05, 0) is 20.4 Å². The highest BCUT2D eigenvalue weighted by molar-refractivity contribution is 5.78. The maximum Gasteiger partial charge on any atom is 0.224 e. The fourth-order valence-corrected chi connectivity index (χ4v) is 1.56. The number of aromatic nitrogens is 1. The molecule has 0 bridgehead atoms. The molecule has 1 aromatic rings. The van der Waals surface area contributed by atoms with E-state index in [0.717, 1.165) is 23.6 Å². The molecule has 5 heteroatoms. The summed E-state index contributed by atoms with van der Waals surface area (Å²) in [6.07, 6.45) is 0. The van der Waals surface area contributed by atoms with Crippen molar-refractivity contribution in [1.29, 1.82) is 0 Å². The highest BCUT2D eigenvalue weighted by Crippen LogP contribution is 2.11. The van der Waals surface area contributed by atoms with E-state index in [1.807, 2.05) is 27.7 Å². The molecule has 0 saturated carbocycles. The third kappa shape index (κ3) is 3.85. The Morgan fingerprint density at radius 3 is 2.71 bits per heavy atom. The summed E-state index contributed by atoms with van der Waals surface area (Å²) in [6, 6.07) is 0.